The van der Waals surface area contributed by atoms with Crippen LogP contribution in [0.4, 0.5) is 0 Å². The van der Waals surface area contributed by atoms with Gasteiger partial charge in [-0.15, -0.1) is 21.5 Å². The smallest absolute Gasteiger partial charge is 0.270 e. The Balaban J connectivity index is 1.53. The molecule has 4 aromatic rings. The van der Waals surface area contributed by atoms with Gasteiger partial charge in [0.05, 0.1) is 22.7 Å². The number of methoxy groups -OCH3 is 1. The van der Waals surface area contributed by atoms with Gasteiger partial charge in [-0.25, -0.2) is 4.98 Å². The van der Waals surface area contributed by atoms with E-state index in [9.17, 15) is 4.79 Å². The minimum Gasteiger partial charge on any atom is -0.461 e. The Hall–Kier alpha value is -2.37. The van der Waals surface area contributed by atoms with Crippen LogP contribution in [-0.2, 0) is 10.5 Å². The average Bonchev–Trinajstić information content (AvgIpc) is 3.57. The Kier molecular flexibility index (Phi) is 8.05. The first-order valence-electron chi connectivity index (χ1n) is 9.86. The summed E-state index contributed by atoms with van der Waals surface area (Å²) >= 11 is 15.5. The molecule has 4 rings (SSSR count). The maximum Gasteiger partial charge on any atom is 0.270 e. The second-order valence-electron chi connectivity index (χ2n) is 6.73. The van der Waals surface area contributed by atoms with Crippen molar-refractivity contribution in [2.45, 2.75) is 17.3 Å². The van der Waals surface area contributed by atoms with Gasteiger partial charge < -0.3 is 14.5 Å². The highest BCUT2D eigenvalue weighted by Gasteiger charge is 2.21. The summed E-state index contributed by atoms with van der Waals surface area (Å²) in [4.78, 5) is 16.7. The summed E-state index contributed by atoms with van der Waals surface area (Å²) in [6.45, 7) is 1.13. The van der Waals surface area contributed by atoms with E-state index in [2.05, 4.69) is 20.5 Å². The molecule has 0 bridgehead atoms. The molecule has 0 atom stereocenters. The maximum absolute atomic E-state index is 12.3. The molecule has 0 unspecified atom stereocenters. The number of rotatable bonds is 10. The van der Waals surface area contributed by atoms with Crippen molar-refractivity contribution in [3.05, 3.63) is 62.7 Å². The van der Waals surface area contributed by atoms with Crippen molar-refractivity contribution in [1.82, 2.24) is 25.1 Å². The number of furan rings is 1. The van der Waals surface area contributed by atoms with Gasteiger partial charge in [0.15, 0.2) is 10.9 Å². The molecule has 0 saturated heterocycles. The predicted molar refractivity (Wildman–Crippen MR) is 130 cm³/mol. The van der Waals surface area contributed by atoms with Crippen LogP contribution in [0.5, 0.6) is 0 Å². The molecule has 8 nitrogen and oxygen atoms in total. The zero-order chi connectivity index (χ0) is 23.2. The van der Waals surface area contributed by atoms with Crippen LogP contribution >= 0.6 is 46.3 Å². The van der Waals surface area contributed by atoms with Crippen LogP contribution < -0.4 is 5.32 Å². The number of amides is 1. The lowest BCUT2D eigenvalue weighted by molar-refractivity contribution is 0.0944. The number of carbonyl (C=O) groups excluding carboxylic acids is 1. The largest absolute Gasteiger partial charge is 0.461 e. The van der Waals surface area contributed by atoms with E-state index in [0.29, 0.717) is 57.1 Å². The molecule has 1 amide bonds. The molecule has 172 valence electrons. The normalized spacial score (nSPS) is 11.1. The van der Waals surface area contributed by atoms with Crippen molar-refractivity contribution in [3.63, 3.8) is 0 Å². The molecule has 1 N–H and O–H groups in total. The van der Waals surface area contributed by atoms with E-state index in [1.165, 1.54) is 23.1 Å². The maximum atomic E-state index is 12.3. The van der Waals surface area contributed by atoms with Crippen LogP contribution in [0.25, 0.3) is 17.3 Å². The van der Waals surface area contributed by atoms with Crippen molar-refractivity contribution in [2.24, 2.45) is 0 Å². The lowest BCUT2D eigenvalue weighted by atomic mass is 10.3. The first-order valence-corrected chi connectivity index (χ1v) is 12.5. The van der Waals surface area contributed by atoms with E-state index < -0.39 is 0 Å². The average molecular weight is 524 g/mol. The highest BCUT2D eigenvalue weighted by Crippen LogP contribution is 2.34. The molecular formula is C21H19Cl2N5O3S2. The number of nitrogens with zero attached hydrogens (tertiary/aromatic N) is 4. The topological polar surface area (TPSA) is 95.1 Å². The third kappa shape index (κ3) is 5.77. The molecule has 3 heterocycles. The van der Waals surface area contributed by atoms with Gasteiger partial charge in [0, 0.05) is 30.7 Å². The Labute approximate surface area is 208 Å². The number of nitrogens with one attached hydrogen (secondary N) is 1. The number of hydrogen-bond acceptors (Lipinski definition) is 8. The van der Waals surface area contributed by atoms with Crippen LogP contribution in [0.2, 0.25) is 10.0 Å². The third-order valence-corrected chi connectivity index (χ3v) is 6.97. The van der Waals surface area contributed by atoms with Crippen molar-refractivity contribution in [1.29, 1.82) is 0 Å². The van der Waals surface area contributed by atoms with Crippen LogP contribution in [-0.4, -0.2) is 45.9 Å². The van der Waals surface area contributed by atoms with Crippen molar-refractivity contribution in [3.8, 4) is 17.3 Å². The number of carbonyl (C=O) groups is 1. The summed E-state index contributed by atoms with van der Waals surface area (Å²) in [7, 11) is 1.63. The first kappa shape index (κ1) is 23.8. The van der Waals surface area contributed by atoms with Gasteiger partial charge in [0.2, 0.25) is 5.82 Å². The highest BCUT2D eigenvalue weighted by molar-refractivity contribution is 7.98. The third-order valence-electron chi connectivity index (χ3n) is 4.44. The number of halogens is 2. The molecule has 33 heavy (non-hydrogen) atoms. The molecule has 0 saturated carbocycles. The number of thioether (sulfide) groups is 1. The minimum absolute atomic E-state index is 0.201. The van der Waals surface area contributed by atoms with Crippen LogP contribution in [0.3, 0.4) is 0 Å². The second kappa shape index (κ2) is 11.2. The summed E-state index contributed by atoms with van der Waals surface area (Å²) in [6.07, 6.45) is 2.31. The van der Waals surface area contributed by atoms with Crippen LogP contribution in [0.1, 0.15) is 21.9 Å². The zero-order valence-electron chi connectivity index (χ0n) is 17.5. The standard InChI is InChI=1S/C21H19Cl2N5O3S2/c1-30-8-3-7-24-20(29)15-11-32-18(25-15)12-33-21-27-26-19(17-4-2-9-31-17)28(21)16-10-13(22)5-6-14(16)23/h2,4-6,9-11H,3,7-8,12H2,1H3,(H,24,29). The van der Waals surface area contributed by atoms with Gasteiger partial charge in [-0.2, -0.15) is 0 Å². The fraction of sp³-hybridized carbons (Fsp3) is 0.238. The molecule has 0 aliphatic rings. The quantitative estimate of drug-likeness (QED) is 0.221. The van der Waals surface area contributed by atoms with E-state index in [-0.39, 0.29) is 5.91 Å². The van der Waals surface area contributed by atoms with E-state index >= 15 is 0 Å². The van der Waals surface area contributed by atoms with Gasteiger partial charge in [0.1, 0.15) is 10.7 Å². The number of thiazole rings is 1. The number of aromatic nitrogens is 4. The molecule has 12 heteroatoms. The SMILES string of the molecule is COCCCNC(=O)c1csc(CSc2nnc(-c3ccco3)n2-c2cc(Cl)ccc2Cl)n1. The Morgan fingerprint density at radius 1 is 1.30 bits per heavy atom. The van der Waals surface area contributed by atoms with Crippen molar-refractivity contribution < 1.29 is 13.9 Å². The fourth-order valence-electron chi connectivity index (χ4n) is 2.92. The van der Waals surface area contributed by atoms with Crippen molar-refractivity contribution >= 4 is 52.2 Å². The molecule has 0 fully saturated rings. The molecule has 0 aliphatic heterocycles. The number of benzene rings is 1. The van der Waals surface area contributed by atoms with Crippen molar-refractivity contribution in [2.75, 3.05) is 20.3 Å². The fourth-order valence-corrected chi connectivity index (χ4v) is 5.03. The molecule has 1 aromatic carbocycles. The summed E-state index contributed by atoms with van der Waals surface area (Å²) < 4.78 is 12.3. The van der Waals surface area contributed by atoms with Gasteiger partial charge in [-0.05, 0) is 36.8 Å². The number of ether oxygens (including phenoxy) is 1. The van der Waals surface area contributed by atoms with Gasteiger partial charge in [-0.3, -0.25) is 9.36 Å². The van der Waals surface area contributed by atoms with E-state index in [1.54, 1.807) is 53.7 Å². The van der Waals surface area contributed by atoms with E-state index in [1.807, 2.05) is 0 Å². The summed E-state index contributed by atoms with van der Waals surface area (Å²) in [6, 6.07) is 8.76. The van der Waals surface area contributed by atoms with Gasteiger partial charge in [-0.1, -0.05) is 35.0 Å². The zero-order valence-corrected chi connectivity index (χ0v) is 20.6. The van der Waals surface area contributed by atoms with Gasteiger partial charge in [0.25, 0.3) is 5.91 Å². The lowest BCUT2D eigenvalue weighted by Crippen LogP contribution is -2.25. The molecule has 0 radical (unpaired) electrons. The molecule has 0 spiro atoms. The summed E-state index contributed by atoms with van der Waals surface area (Å²) in [5, 5.41) is 15.6. The Bertz CT molecular complexity index is 1230. The van der Waals surface area contributed by atoms with E-state index in [4.69, 9.17) is 32.4 Å². The lowest BCUT2D eigenvalue weighted by Gasteiger charge is -2.11. The second-order valence-corrected chi connectivity index (χ2v) is 9.46. The molecule has 3 aromatic heterocycles. The first-order chi connectivity index (χ1) is 16.1. The van der Waals surface area contributed by atoms with E-state index in [0.717, 1.165) is 11.4 Å². The highest BCUT2D eigenvalue weighted by atomic mass is 35.5. The van der Waals surface area contributed by atoms with Crippen LogP contribution in [0.15, 0.2) is 51.5 Å². The Morgan fingerprint density at radius 3 is 2.97 bits per heavy atom. The Morgan fingerprint density at radius 2 is 2.18 bits per heavy atom. The molecular weight excluding hydrogens is 505 g/mol. The van der Waals surface area contributed by atoms with Gasteiger partial charge >= 0.3 is 0 Å². The predicted octanol–water partition coefficient (Wildman–Crippen LogP) is 5.35. The monoisotopic (exact) mass is 523 g/mol. The summed E-state index contributed by atoms with van der Waals surface area (Å²) in [5.41, 5.74) is 1.03. The minimum atomic E-state index is -0.201. The van der Waals surface area contributed by atoms with Crippen LogP contribution in [0, 0.1) is 0 Å². The summed E-state index contributed by atoms with van der Waals surface area (Å²) in [5.74, 6) is 1.34. The molecule has 0 aliphatic carbocycles. The number of hydrogen-bond donors (Lipinski definition) is 1.